The van der Waals surface area contributed by atoms with Gasteiger partial charge in [-0.1, -0.05) is 31.2 Å². The van der Waals surface area contributed by atoms with Gasteiger partial charge in [-0.3, -0.25) is 0 Å². The predicted molar refractivity (Wildman–Crippen MR) is 82.3 cm³/mol. The van der Waals surface area contributed by atoms with Gasteiger partial charge in [0.05, 0.1) is 4.47 Å². The molecule has 0 radical (unpaired) electrons. The molecule has 0 spiro atoms. The summed E-state index contributed by atoms with van der Waals surface area (Å²) in [5, 5.41) is 3.28. The Kier molecular flexibility index (Phi) is 5.56. The number of hydrogen-bond acceptors (Lipinski definition) is 2. The first kappa shape index (κ1) is 15.0. The van der Waals surface area contributed by atoms with Crippen LogP contribution in [0.25, 0.3) is 0 Å². The molecule has 0 saturated heterocycles. The van der Waals surface area contributed by atoms with Crippen molar-refractivity contribution in [1.82, 2.24) is 5.32 Å². The molecule has 0 atom stereocenters. The Balaban J connectivity index is 1.91. The van der Waals surface area contributed by atoms with Gasteiger partial charge in [0, 0.05) is 12.6 Å². The maximum Gasteiger partial charge on any atom is 0.141 e. The standard InChI is InChI=1S/C16H17BrFNO/c1-2-19-10-12-3-5-13(6-4-12)11-20-14-7-8-15(17)16(18)9-14/h3-9,19H,2,10-11H2,1H3. The highest BCUT2D eigenvalue weighted by molar-refractivity contribution is 9.10. The smallest absolute Gasteiger partial charge is 0.141 e. The molecular weight excluding hydrogens is 321 g/mol. The van der Waals surface area contributed by atoms with Gasteiger partial charge < -0.3 is 10.1 Å². The number of halogens is 2. The minimum atomic E-state index is -0.316. The van der Waals surface area contributed by atoms with Crippen molar-refractivity contribution < 1.29 is 9.13 Å². The molecule has 0 heterocycles. The van der Waals surface area contributed by atoms with Crippen molar-refractivity contribution in [3.8, 4) is 5.75 Å². The lowest BCUT2D eigenvalue weighted by molar-refractivity contribution is 0.304. The van der Waals surface area contributed by atoms with Crippen LogP contribution >= 0.6 is 15.9 Å². The van der Waals surface area contributed by atoms with E-state index in [4.69, 9.17) is 4.74 Å². The van der Waals surface area contributed by atoms with E-state index >= 15 is 0 Å². The van der Waals surface area contributed by atoms with Crippen LogP contribution in [0.1, 0.15) is 18.1 Å². The molecule has 0 unspecified atom stereocenters. The third-order valence-electron chi connectivity index (χ3n) is 2.90. The summed E-state index contributed by atoms with van der Waals surface area (Å²) in [4.78, 5) is 0. The summed E-state index contributed by atoms with van der Waals surface area (Å²) in [6.45, 7) is 4.34. The highest BCUT2D eigenvalue weighted by atomic mass is 79.9. The van der Waals surface area contributed by atoms with Gasteiger partial charge in [-0.2, -0.15) is 0 Å². The first-order chi connectivity index (χ1) is 9.69. The molecule has 2 rings (SSSR count). The van der Waals surface area contributed by atoms with E-state index in [9.17, 15) is 4.39 Å². The van der Waals surface area contributed by atoms with Crippen molar-refractivity contribution in [2.24, 2.45) is 0 Å². The van der Waals surface area contributed by atoms with Crippen LogP contribution < -0.4 is 10.1 Å². The Morgan fingerprint density at radius 2 is 1.80 bits per heavy atom. The van der Waals surface area contributed by atoms with Gasteiger partial charge in [0.25, 0.3) is 0 Å². The van der Waals surface area contributed by atoms with E-state index in [0.717, 1.165) is 18.7 Å². The molecule has 0 aliphatic carbocycles. The fourth-order valence-electron chi connectivity index (χ4n) is 1.76. The molecule has 0 saturated carbocycles. The van der Waals surface area contributed by atoms with E-state index in [1.54, 1.807) is 12.1 Å². The highest BCUT2D eigenvalue weighted by Crippen LogP contribution is 2.21. The summed E-state index contributed by atoms with van der Waals surface area (Å²) < 4.78 is 19.4. The fraction of sp³-hybridized carbons (Fsp3) is 0.250. The molecule has 0 bridgehead atoms. The molecule has 0 aliphatic heterocycles. The average Bonchev–Trinajstić information content (AvgIpc) is 2.47. The van der Waals surface area contributed by atoms with Crippen LogP contribution in [0.3, 0.4) is 0 Å². The normalized spacial score (nSPS) is 10.6. The lowest BCUT2D eigenvalue weighted by Gasteiger charge is -2.08. The van der Waals surface area contributed by atoms with Gasteiger partial charge >= 0.3 is 0 Å². The molecule has 2 aromatic rings. The maximum atomic E-state index is 13.3. The number of benzene rings is 2. The molecule has 0 amide bonds. The molecule has 2 aromatic carbocycles. The van der Waals surface area contributed by atoms with Gasteiger partial charge in [-0.05, 0) is 45.7 Å². The number of rotatable bonds is 6. The summed E-state index contributed by atoms with van der Waals surface area (Å²) in [5.74, 6) is 0.214. The van der Waals surface area contributed by atoms with E-state index in [2.05, 4.69) is 40.3 Å². The van der Waals surface area contributed by atoms with Crippen molar-refractivity contribution in [1.29, 1.82) is 0 Å². The molecule has 0 fully saturated rings. The van der Waals surface area contributed by atoms with Gasteiger partial charge in [-0.15, -0.1) is 0 Å². The molecule has 0 aromatic heterocycles. The zero-order valence-corrected chi connectivity index (χ0v) is 12.9. The molecule has 106 valence electrons. The van der Waals surface area contributed by atoms with Crippen molar-refractivity contribution in [2.45, 2.75) is 20.1 Å². The Hall–Kier alpha value is -1.39. The summed E-state index contributed by atoms with van der Waals surface area (Å²) in [5.41, 5.74) is 2.30. The third kappa shape index (κ3) is 4.32. The van der Waals surface area contributed by atoms with Crippen LogP contribution in [0, 0.1) is 5.82 Å². The number of ether oxygens (including phenoxy) is 1. The topological polar surface area (TPSA) is 21.3 Å². The van der Waals surface area contributed by atoms with Gasteiger partial charge in [-0.25, -0.2) is 4.39 Å². The fourth-order valence-corrected chi connectivity index (χ4v) is 2.00. The molecule has 0 aliphatic rings. The van der Waals surface area contributed by atoms with Crippen LogP contribution in [0.2, 0.25) is 0 Å². The largest absolute Gasteiger partial charge is 0.489 e. The maximum absolute atomic E-state index is 13.3. The molecule has 20 heavy (non-hydrogen) atoms. The second-order valence-electron chi connectivity index (χ2n) is 4.46. The Morgan fingerprint density at radius 3 is 2.45 bits per heavy atom. The average molecular weight is 338 g/mol. The Bertz CT molecular complexity index is 557. The SMILES string of the molecule is CCNCc1ccc(COc2ccc(Br)c(F)c2)cc1. The first-order valence-electron chi connectivity index (χ1n) is 6.55. The lowest BCUT2D eigenvalue weighted by atomic mass is 10.1. The van der Waals surface area contributed by atoms with Crippen LogP contribution in [0.4, 0.5) is 4.39 Å². The minimum Gasteiger partial charge on any atom is -0.489 e. The van der Waals surface area contributed by atoms with Crippen LogP contribution in [-0.4, -0.2) is 6.54 Å². The van der Waals surface area contributed by atoms with E-state index in [0.29, 0.717) is 16.8 Å². The van der Waals surface area contributed by atoms with E-state index in [-0.39, 0.29) is 5.82 Å². The van der Waals surface area contributed by atoms with Crippen molar-refractivity contribution in [3.63, 3.8) is 0 Å². The summed E-state index contributed by atoms with van der Waals surface area (Å²) in [7, 11) is 0. The lowest BCUT2D eigenvalue weighted by Crippen LogP contribution is -2.11. The molecular formula is C16H17BrFNO. The van der Waals surface area contributed by atoms with Crippen LogP contribution in [0.15, 0.2) is 46.9 Å². The van der Waals surface area contributed by atoms with Crippen LogP contribution in [0.5, 0.6) is 5.75 Å². The molecule has 2 nitrogen and oxygen atoms in total. The number of hydrogen-bond donors (Lipinski definition) is 1. The van der Waals surface area contributed by atoms with Gasteiger partial charge in [0.1, 0.15) is 18.2 Å². The second-order valence-corrected chi connectivity index (χ2v) is 5.32. The zero-order valence-electron chi connectivity index (χ0n) is 11.3. The van der Waals surface area contributed by atoms with Crippen molar-refractivity contribution >= 4 is 15.9 Å². The van der Waals surface area contributed by atoms with Crippen molar-refractivity contribution in [3.05, 3.63) is 63.9 Å². The highest BCUT2D eigenvalue weighted by Gasteiger charge is 2.02. The summed E-state index contributed by atoms with van der Waals surface area (Å²) in [6, 6.07) is 13.0. The Labute approximate surface area is 127 Å². The zero-order chi connectivity index (χ0) is 14.4. The summed E-state index contributed by atoms with van der Waals surface area (Å²) in [6.07, 6.45) is 0. The second kappa shape index (κ2) is 7.41. The van der Waals surface area contributed by atoms with E-state index in [1.807, 2.05) is 12.1 Å². The van der Waals surface area contributed by atoms with Gasteiger partial charge in [0.2, 0.25) is 0 Å². The van der Waals surface area contributed by atoms with E-state index < -0.39 is 0 Å². The number of nitrogens with one attached hydrogen (secondary N) is 1. The third-order valence-corrected chi connectivity index (χ3v) is 3.54. The molecule has 1 N–H and O–H groups in total. The van der Waals surface area contributed by atoms with Gasteiger partial charge in [0.15, 0.2) is 0 Å². The van der Waals surface area contributed by atoms with Crippen molar-refractivity contribution in [2.75, 3.05) is 6.54 Å². The quantitative estimate of drug-likeness (QED) is 0.849. The Morgan fingerprint density at radius 1 is 1.10 bits per heavy atom. The minimum absolute atomic E-state index is 0.316. The molecule has 4 heteroatoms. The van der Waals surface area contributed by atoms with Crippen LogP contribution in [-0.2, 0) is 13.2 Å². The summed E-state index contributed by atoms with van der Waals surface area (Å²) >= 11 is 3.12. The monoisotopic (exact) mass is 337 g/mol. The first-order valence-corrected chi connectivity index (χ1v) is 7.34. The van der Waals surface area contributed by atoms with E-state index in [1.165, 1.54) is 11.6 Å². The predicted octanol–water partition coefficient (Wildman–Crippen LogP) is 4.28.